The molecule has 5 nitrogen and oxygen atoms in total. The van der Waals surface area contributed by atoms with Gasteiger partial charge in [0, 0.05) is 31.2 Å². The van der Waals surface area contributed by atoms with Crippen LogP contribution in [-0.4, -0.2) is 47.9 Å². The maximum absolute atomic E-state index is 13.0. The number of halogens is 1. The molecule has 140 valence electrons. The minimum atomic E-state index is -0.978. The Morgan fingerprint density at radius 3 is 2.26 bits per heavy atom. The molecule has 1 aliphatic rings. The fraction of sp³-hybridized carbons (Fsp3) is 0.238. The Balaban J connectivity index is 1.85. The third-order valence-electron chi connectivity index (χ3n) is 4.57. The lowest BCUT2D eigenvalue weighted by atomic mass is 9.98. The summed E-state index contributed by atoms with van der Waals surface area (Å²) in [5, 5.41) is 13.0. The first kappa shape index (κ1) is 19.3. The summed E-state index contributed by atoms with van der Waals surface area (Å²) in [6.07, 6.45) is 3.36. The number of hydrogen-bond donors (Lipinski definition) is 2. The third-order valence-corrected chi connectivity index (χ3v) is 4.82. The zero-order chi connectivity index (χ0) is 19.2. The van der Waals surface area contributed by atoms with E-state index in [1.54, 1.807) is 48.6 Å². The zero-order valence-corrected chi connectivity index (χ0v) is 15.5. The van der Waals surface area contributed by atoms with Crippen molar-refractivity contribution in [1.82, 2.24) is 10.2 Å². The SMILES string of the molecule is O=C(O)c1ccc(C(C(=O)C=Cc2ccc(Cl)cc2)N2CCNCC2)cc1. The van der Waals surface area contributed by atoms with E-state index in [4.69, 9.17) is 16.7 Å². The van der Waals surface area contributed by atoms with Crippen molar-refractivity contribution >= 4 is 29.4 Å². The first-order valence-corrected chi connectivity index (χ1v) is 9.18. The monoisotopic (exact) mass is 384 g/mol. The van der Waals surface area contributed by atoms with Crippen molar-refractivity contribution in [3.05, 3.63) is 76.3 Å². The second-order valence-electron chi connectivity index (χ2n) is 6.40. The predicted octanol–water partition coefficient (Wildman–Crippen LogP) is 3.27. The van der Waals surface area contributed by atoms with Gasteiger partial charge in [-0.05, 0) is 41.5 Å². The summed E-state index contributed by atoms with van der Waals surface area (Å²) in [4.78, 5) is 26.2. The average Bonchev–Trinajstić information content (AvgIpc) is 2.69. The second-order valence-corrected chi connectivity index (χ2v) is 6.84. The van der Waals surface area contributed by atoms with Crippen molar-refractivity contribution in [3.63, 3.8) is 0 Å². The lowest BCUT2D eigenvalue weighted by Crippen LogP contribution is -2.47. The maximum Gasteiger partial charge on any atom is 0.335 e. The average molecular weight is 385 g/mol. The molecule has 2 aromatic carbocycles. The summed E-state index contributed by atoms with van der Waals surface area (Å²) in [5.41, 5.74) is 1.91. The highest BCUT2D eigenvalue weighted by Crippen LogP contribution is 2.24. The zero-order valence-electron chi connectivity index (χ0n) is 14.8. The van der Waals surface area contributed by atoms with Crippen LogP contribution in [0.25, 0.3) is 6.08 Å². The van der Waals surface area contributed by atoms with Crippen molar-refractivity contribution < 1.29 is 14.7 Å². The highest BCUT2D eigenvalue weighted by atomic mass is 35.5. The highest BCUT2D eigenvalue weighted by Gasteiger charge is 2.27. The highest BCUT2D eigenvalue weighted by molar-refractivity contribution is 6.30. The molecular weight excluding hydrogens is 364 g/mol. The van der Waals surface area contributed by atoms with Gasteiger partial charge >= 0.3 is 5.97 Å². The number of nitrogens with zero attached hydrogens (tertiary/aromatic N) is 1. The van der Waals surface area contributed by atoms with E-state index in [1.807, 2.05) is 12.1 Å². The second kappa shape index (κ2) is 8.95. The molecule has 2 N–H and O–H groups in total. The predicted molar refractivity (Wildman–Crippen MR) is 106 cm³/mol. The van der Waals surface area contributed by atoms with Crippen LogP contribution in [0.5, 0.6) is 0 Å². The summed E-state index contributed by atoms with van der Waals surface area (Å²) in [5.74, 6) is -1.01. The van der Waals surface area contributed by atoms with E-state index >= 15 is 0 Å². The number of carbonyl (C=O) groups excluding carboxylic acids is 1. The van der Waals surface area contributed by atoms with E-state index < -0.39 is 12.0 Å². The molecule has 0 radical (unpaired) electrons. The van der Waals surface area contributed by atoms with E-state index in [1.165, 1.54) is 0 Å². The Morgan fingerprint density at radius 1 is 1.04 bits per heavy atom. The molecule has 0 amide bonds. The normalized spacial score (nSPS) is 16.3. The molecule has 1 aliphatic heterocycles. The molecule has 2 aromatic rings. The first-order valence-electron chi connectivity index (χ1n) is 8.80. The number of rotatable bonds is 6. The summed E-state index contributed by atoms with van der Waals surface area (Å²) >= 11 is 5.90. The van der Waals surface area contributed by atoms with Crippen LogP contribution in [0.1, 0.15) is 27.5 Å². The number of nitrogens with one attached hydrogen (secondary N) is 1. The summed E-state index contributed by atoms with van der Waals surface area (Å²) in [7, 11) is 0. The van der Waals surface area contributed by atoms with E-state index in [0.29, 0.717) is 5.02 Å². The standard InChI is InChI=1S/C21H21ClN2O3/c22-18-8-1-15(2-9-18)3-10-19(25)20(24-13-11-23-12-14-24)16-4-6-17(7-5-16)21(26)27/h1-10,20,23H,11-14H2,(H,26,27). The fourth-order valence-electron chi connectivity index (χ4n) is 3.15. The van der Waals surface area contributed by atoms with Crippen LogP contribution < -0.4 is 5.32 Å². The number of aromatic carboxylic acids is 1. The van der Waals surface area contributed by atoms with E-state index in [9.17, 15) is 9.59 Å². The molecule has 0 bridgehead atoms. The van der Waals surface area contributed by atoms with Crippen molar-refractivity contribution in [2.45, 2.75) is 6.04 Å². The number of carboxylic acids is 1. The minimum absolute atomic E-state index is 0.0325. The Labute approximate surface area is 163 Å². The van der Waals surface area contributed by atoms with Gasteiger partial charge in [0.2, 0.25) is 0 Å². The topological polar surface area (TPSA) is 69.6 Å². The van der Waals surface area contributed by atoms with Crippen molar-refractivity contribution in [1.29, 1.82) is 0 Å². The van der Waals surface area contributed by atoms with Gasteiger partial charge in [-0.25, -0.2) is 4.79 Å². The van der Waals surface area contributed by atoms with Crippen LogP contribution in [0.15, 0.2) is 54.6 Å². The smallest absolute Gasteiger partial charge is 0.335 e. The third kappa shape index (κ3) is 5.04. The van der Waals surface area contributed by atoms with Gasteiger partial charge in [-0.1, -0.05) is 41.9 Å². The van der Waals surface area contributed by atoms with Gasteiger partial charge in [-0.15, -0.1) is 0 Å². The van der Waals surface area contributed by atoms with Gasteiger partial charge in [-0.3, -0.25) is 9.69 Å². The van der Waals surface area contributed by atoms with Crippen molar-refractivity contribution in [2.75, 3.05) is 26.2 Å². The van der Waals surface area contributed by atoms with Crippen LogP contribution in [-0.2, 0) is 4.79 Å². The van der Waals surface area contributed by atoms with Gasteiger partial charge in [0.1, 0.15) is 0 Å². The Bertz CT molecular complexity index is 826. The molecule has 0 aliphatic carbocycles. The lowest BCUT2D eigenvalue weighted by Gasteiger charge is -2.33. The largest absolute Gasteiger partial charge is 0.478 e. The van der Waals surface area contributed by atoms with E-state index in [-0.39, 0.29) is 11.3 Å². The van der Waals surface area contributed by atoms with Crippen LogP contribution >= 0.6 is 11.6 Å². The van der Waals surface area contributed by atoms with Crippen LogP contribution in [0.4, 0.5) is 0 Å². The molecule has 1 unspecified atom stereocenters. The maximum atomic E-state index is 13.0. The van der Waals surface area contributed by atoms with E-state index in [0.717, 1.165) is 37.3 Å². The minimum Gasteiger partial charge on any atom is -0.478 e. The van der Waals surface area contributed by atoms with Crippen LogP contribution in [0, 0.1) is 0 Å². The number of ketones is 1. The number of benzene rings is 2. The van der Waals surface area contributed by atoms with Gasteiger partial charge in [0.25, 0.3) is 0 Å². The number of carbonyl (C=O) groups is 2. The van der Waals surface area contributed by atoms with Gasteiger partial charge in [-0.2, -0.15) is 0 Å². The molecule has 0 spiro atoms. The van der Waals surface area contributed by atoms with Crippen LogP contribution in [0.3, 0.4) is 0 Å². The Hall–Kier alpha value is -2.47. The van der Waals surface area contributed by atoms with Gasteiger partial charge < -0.3 is 10.4 Å². The number of piperazine rings is 1. The summed E-state index contributed by atoms with van der Waals surface area (Å²) < 4.78 is 0. The molecule has 1 heterocycles. The van der Waals surface area contributed by atoms with Crippen LogP contribution in [0.2, 0.25) is 5.02 Å². The fourth-order valence-corrected chi connectivity index (χ4v) is 3.27. The molecule has 1 atom stereocenters. The molecule has 1 fully saturated rings. The lowest BCUT2D eigenvalue weighted by molar-refractivity contribution is -0.120. The van der Waals surface area contributed by atoms with Crippen molar-refractivity contribution in [2.24, 2.45) is 0 Å². The molecule has 0 aromatic heterocycles. The first-order chi connectivity index (χ1) is 13.0. The quantitative estimate of drug-likeness (QED) is 0.748. The molecule has 3 rings (SSSR count). The Morgan fingerprint density at radius 2 is 1.67 bits per heavy atom. The summed E-state index contributed by atoms with van der Waals surface area (Å²) in [6, 6.07) is 13.4. The van der Waals surface area contributed by atoms with Crippen molar-refractivity contribution in [3.8, 4) is 0 Å². The molecular formula is C21H21ClN2O3. The number of carboxylic acid groups (broad SMARTS) is 1. The molecule has 6 heteroatoms. The molecule has 27 heavy (non-hydrogen) atoms. The summed E-state index contributed by atoms with van der Waals surface area (Å²) in [6.45, 7) is 3.15. The molecule has 0 saturated carbocycles. The van der Waals surface area contributed by atoms with Gasteiger partial charge in [0.05, 0.1) is 11.6 Å². The Kier molecular flexibility index (Phi) is 6.40. The molecule has 1 saturated heterocycles. The van der Waals surface area contributed by atoms with E-state index in [2.05, 4.69) is 10.2 Å². The number of hydrogen-bond acceptors (Lipinski definition) is 4. The van der Waals surface area contributed by atoms with Gasteiger partial charge in [0.15, 0.2) is 5.78 Å².